The van der Waals surface area contributed by atoms with Crippen molar-refractivity contribution in [2.45, 2.75) is 78.6 Å². The molecule has 0 radical (unpaired) electrons. The van der Waals surface area contributed by atoms with Gasteiger partial charge in [0.1, 0.15) is 0 Å². The molecule has 0 atom stereocenters. The Kier molecular flexibility index (Phi) is 6.61. The van der Waals surface area contributed by atoms with Crippen LogP contribution in [-0.2, 0) is 16.2 Å². The highest BCUT2D eigenvalue weighted by Crippen LogP contribution is 2.45. The summed E-state index contributed by atoms with van der Waals surface area (Å²) in [4.78, 5) is 0. The number of benzene rings is 6. The van der Waals surface area contributed by atoms with Gasteiger partial charge in [0.15, 0.2) is 0 Å². The third kappa shape index (κ3) is 5.02. The van der Waals surface area contributed by atoms with Gasteiger partial charge in [-0.3, -0.25) is 0 Å². The minimum Gasteiger partial charge on any atom is -0.0616 e. The molecule has 0 saturated carbocycles. The van der Waals surface area contributed by atoms with E-state index in [-0.39, 0.29) is 16.2 Å². The van der Waals surface area contributed by atoms with Gasteiger partial charge in [-0.25, -0.2) is 0 Å². The molecule has 6 aromatic carbocycles. The standard InChI is InChI=1S/C42H44/c1-40(2,3)31-19-16-27(17-20-31)38-34-12-10-11-13-35(34)39(37-26-33(42(7,8)9)22-23-36(37)38)30-15-14-29-25-32(41(4,5)6)21-18-28(29)24-30/h10-26H,1-9H3. The van der Waals surface area contributed by atoms with Crippen LogP contribution in [0.5, 0.6) is 0 Å². The Hall–Kier alpha value is -3.90. The first-order valence-corrected chi connectivity index (χ1v) is 15.4. The van der Waals surface area contributed by atoms with E-state index < -0.39 is 0 Å². The zero-order valence-electron chi connectivity index (χ0n) is 26.8. The fourth-order valence-corrected chi connectivity index (χ4v) is 6.27. The number of rotatable bonds is 2. The lowest BCUT2D eigenvalue weighted by atomic mass is 9.80. The van der Waals surface area contributed by atoms with Gasteiger partial charge in [-0.2, -0.15) is 0 Å². The SMILES string of the molecule is CC(C)(C)c1ccc(-c2c3ccccc3c(-c3ccc4cc(C(C)(C)C)ccc4c3)c3cc(C(C)(C)C)ccc23)cc1. The van der Waals surface area contributed by atoms with Crippen molar-refractivity contribution < 1.29 is 0 Å². The Morgan fingerprint density at radius 3 is 1.36 bits per heavy atom. The number of hydrogen-bond donors (Lipinski definition) is 0. The summed E-state index contributed by atoms with van der Waals surface area (Å²) in [5.41, 5.74) is 9.58. The van der Waals surface area contributed by atoms with E-state index in [9.17, 15) is 0 Å². The van der Waals surface area contributed by atoms with E-state index in [1.54, 1.807) is 0 Å². The lowest BCUT2D eigenvalue weighted by Gasteiger charge is -2.24. The van der Waals surface area contributed by atoms with Gasteiger partial charge in [-0.1, -0.05) is 153 Å². The van der Waals surface area contributed by atoms with Crippen molar-refractivity contribution in [3.05, 3.63) is 120 Å². The average molecular weight is 549 g/mol. The first-order chi connectivity index (χ1) is 19.7. The topological polar surface area (TPSA) is 0 Å². The smallest absolute Gasteiger partial charge is 0.00260 e. The fourth-order valence-electron chi connectivity index (χ4n) is 6.27. The lowest BCUT2D eigenvalue weighted by Crippen LogP contribution is -2.11. The second-order valence-corrected chi connectivity index (χ2v) is 15.2. The van der Waals surface area contributed by atoms with Crippen LogP contribution in [0, 0.1) is 0 Å². The molecule has 0 aliphatic carbocycles. The van der Waals surface area contributed by atoms with Crippen molar-refractivity contribution in [1.82, 2.24) is 0 Å². The highest BCUT2D eigenvalue weighted by atomic mass is 14.3. The van der Waals surface area contributed by atoms with Gasteiger partial charge in [0, 0.05) is 0 Å². The molecule has 0 N–H and O–H groups in total. The molecule has 0 aliphatic rings. The van der Waals surface area contributed by atoms with E-state index in [1.807, 2.05) is 0 Å². The van der Waals surface area contributed by atoms with Crippen LogP contribution in [0.4, 0.5) is 0 Å². The summed E-state index contributed by atoms with van der Waals surface area (Å²) in [6, 6.07) is 39.4. The zero-order valence-corrected chi connectivity index (χ0v) is 26.8. The molecule has 0 amide bonds. The molecule has 0 nitrogen and oxygen atoms in total. The maximum atomic E-state index is 2.46. The third-order valence-electron chi connectivity index (χ3n) is 8.92. The maximum Gasteiger partial charge on any atom is -0.00260 e. The first kappa shape index (κ1) is 28.2. The molecular formula is C42H44. The van der Waals surface area contributed by atoms with E-state index >= 15 is 0 Å². The predicted molar refractivity (Wildman–Crippen MR) is 186 cm³/mol. The van der Waals surface area contributed by atoms with E-state index in [0.29, 0.717) is 0 Å². The molecule has 0 bridgehead atoms. The average Bonchev–Trinajstić information content (AvgIpc) is 2.93. The molecule has 0 aromatic heterocycles. The van der Waals surface area contributed by atoms with Crippen LogP contribution in [0.1, 0.15) is 79.0 Å². The normalized spacial score (nSPS) is 12.9. The molecule has 0 aliphatic heterocycles. The lowest BCUT2D eigenvalue weighted by molar-refractivity contribution is 0.590. The van der Waals surface area contributed by atoms with Crippen molar-refractivity contribution in [3.63, 3.8) is 0 Å². The molecular weight excluding hydrogens is 504 g/mol. The van der Waals surface area contributed by atoms with Gasteiger partial charge in [0.05, 0.1) is 0 Å². The molecule has 0 unspecified atom stereocenters. The van der Waals surface area contributed by atoms with Crippen LogP contribution in [-0.4, -0.2) is 0 Å². The second kappa shape index (κ2) is 9.84. The zero-order chi connectivity index (χ0) is 30.0. The van der Waals surface area contributed by atoms with Crippen molar-refractivity contribution in [3.8, 4) is 22.3 Å². The summed E-state index contributed by atoms with van der Waals surface area (Å²) in [5, 5.41) is 7.81. The van der Waals surface area contributed by atoms with Crippen molar-refractivity contribution in [2.24, 2.45) is 0 Å². The Labute approximate surface area is 252 Å². The van der Waals surface area contributed by atoms with Crippen LogP contribution >= 0.6 is 0 Å². The van der Waals surface area contributed by atoms with Gasteiger partial charge >= 0.3 is 0 Å². The molecule has 6 rings (SSSR count). The quantitative estimate of drug-likeness (QED) is 0.189. The summed E-state index contributed by atoms with van der Waals surface area (Å²) in [5.74, 6) is 0. The van der Waals surface area contributed by atoms with Crippen molar-refractivity contribution >= 4 is 32.3 Å². The molecule has 0 heteroatoms. The molecule has 0 saturated heterocycles. The fraction of sp³-hybridized carbons (Fsp3) is 0.286. The van der Waals surface area contributed by atoms with Crippen molar-refractivity contribution in [2.75, 3.05) is 0 Å². The van der Waals surface area contributed by atoms with Gasteiger partial charge < -0.3 is 0 Å². The highest BCUT2D eigenvalue weighted by molar-refractivity contribution is 6.21. The number of hydrogen-bond acceptors (Lipinski definition) is 0. The minimum absolute atomic E-state index is 0.0539. The van der Waals surface area contributed by atoms with Gasteiger partial charge in [-0.15, -0.1) is 0 Å². The largest absolute Gasteiger partial charge is 0.0616 e. The molecule has 0 heterocycles. The molecule has 212 valence electrons. The molecule has 0 fully saturated rings. The summed E-state index contributed by atoms with van der Waals surface area (Å²) in [6.07, 6.45) is 0. The third-order valence-corrected chi connectivity index (χ3v) is 8.92. The van der Waals surface area contributed by atoms with Gasteiger partial charge in [0.2, 0.25) is 0 Å². The van der Waals surface area contributed by atoms with Crippen LogP contribution in [0.3, 0.4) is 0 Å². The molecule has 0 spiro atoms. The minimum atomic E-state index is 0.0539. The van der Waals surface area contributed by atoms with Gasteiger partial charge in [-0.05, 0) is 99.6 Å². The predicted octanol–water partition coefficient (Wildman–Crippen LogP) is 12.4. The van der Waals surface area contributed by atoms with Gasteiger partial charge in [0.25, 0.3) is 0 Å². The summed E-state index contributed by atoms with van der Waals surface area (Å²) < 4.78 is 0. The van der Waals surface area contributed by atoms with E-state index in [2.05, 4.69) is 165 Å². The van der Waals surface area contributed by atoms with Crippen LogP contribution in [0.2, 0.25) is 0 Å². The maximum absolute atomic E-state index is 2.46. The summed E-state index contributed by atoms with van der Waals surface area (Å²) in [6.45, 7) is 20.6. The molecule has 6 aromatic rings. The Balaban J connectivity index is 1.68. The second-order valence-electron chi connectivity index (χ2n) is 15.2. The van der Waals surface area contributed by atoms with Crippen molar-refractivity contribution in [1.29, 1.82) is 0 Å². The molecule has 42 heavy (non-hydrogen) atoms. The monoisotopic (exact) mass is 548 g/mol. The number of fused-ring (bicyclic) bond motifs is 3. The Morgan fingerprint density at radius 1 is 0.333 bits per heavy atom. The Morgan fingerprint density at radius 2 is 0.762 bits per heavy atom. The van der Waals surface area contributed by atoms with E-state index in [0.717, 1.165) is 0 Å². The Bertz CT molecular complexity index is 1950. The van der Waals surface area contributed by atoms with Crippen LogP contribution in [0.15, 0.2) is 103 Å². The van der Waals surface area contributed by atoms with Crippen LogP contribution < -0.4 is 0 Å². The first-order valence-electron chi connectivity index (χ1n) is 15.4. The summed E-state index contributed by atoms with van der Waals surface area (Å²) in [7, 11) is 0. The van der Waals surface area contributed by atoms with E-state index in [1.165, 1.54) is 71.3 Å². The summed E-state index contributed by atoms with van der Waals surface area (Å²) >= 11 is 0. The van der Waals surface area contributed by atoms with E-state index in [4.69, 9.17) is 0 Å². The highest BCUT2D eigenvalue weighted by Gasteiger charge is 2.21. The van der Waals surface area contributed by atoms with Crippen LogP contribution in [0.25, 0.3) is 54.6 Å².